The van der Waals surface area contributed by atoms with Crippen molar-refractivity contribution in [3.8, 4) is 5.75 Å². The molecule has 1 saturated carbocycles. The highest BCUT2D eigenvalue weighted by Gasteiger charge is 2.26. The first-order chi connectivity index (χ1) is 9.11. The summed E-state index contributed by atoms with van der Waals surface area (Å²) in [5.41, 5.74) is 1.17. The molecule has 1 amide bonds. The van der Waals surface area contributed by atoms with E-state index in [9.17, 15) is 9.59 Å². The number of rotatable bonds is 5. The van der Waals surface area contributed by atoms with Crippen LogP contribution in [-0.4, -0.2) is 18.3 Å². The summed E-state index contributed by atoms with van der Waals surface area (Å²) in [6.07, 6.45) is 3.01. The Morgan fingerprint density at radius 1 is 1.37 bits per heavy atom. The van der Waals surface area contributed by atoms with E-state index in [-0.39, 0.29) is 17.6 Å². The zero-order chi connectivity index (χ0) is 13.8. The van der Waals surface area contributed by atoms with Crippen LogP contribution < -0.4 is 10.1 Å². The Morgan fingerprint density at radius 2 is 2.11 bits per heavy atom. The van der Waals surface area contributed by atoms with Crippen LogP contribution >= 0.6 is 0 Å². The molecule has 4 nitrogen and oxygen atoms in total. The van der Waals surface area contributed by atoms with Crippen molar-refractivity contribution < 1.29 is 14.3 Å². The Balaban J connectivity index is 2.20. The summed E-state index contributed by atoms with van der Waals surface area (Å²) < 4.78 is 5.48. The quantitative estimate of drug-likeness (QED) is 0.829. The van der Waals surface area contributed by atoms with Crippen molar-refractivity contribution in [1.82, 2.24) is 0 Å². The topological polar surface area (TPSA) is 55.4 Å². The predicted octanol–water partition coefficient (Wildman–Crippen LogP) is 3.03. The third kappa shape index (κ3) is 3.13. The molecule has 4 heteroatoms. The number of benzene rings is 1. The van der Waals surface area contributed by atoms with Crippen LogP contribution in [0.1, 0.15) is 43.5 Å². The summed E-state index contributed by atoms with van der Waals surface area (Å²) in [6.45, 7) is 3.91. The van der Waals surface area contributed by atoms with E-state index in [0.717, 1.165) is 19.3 Å². The van der Waals surface area contributed by atoms with E-state index in [1.165, 1.54) is 6.92 Å². The second-order valence-corrected chi connectivity index (χ2v) is 4.82. The van der Waals surface area contributed by atoms with Crippen LogP contribution in [0, 0.1) is 5.92 Å². The lowest BCUT2D eigenvalue weighted by atomic mass is 9.85. The SMILES string of the molecule is CCOc1ccc(C(C)=O)cc1NC(=O)C1CCC1. The molecule has 0 heterocycles. The molecule has 0 bridgehead atoms. The van der Waals surface area contributed by atoms with Crippen molar-refractivity contribution in [1.29, 1.82) is 0 Å². The van der Waals surface area contributed by atoms with Crippen LogP contribution in [0.3, 0.4) is 0 Å². The van der Waals surface area contributed by atoms with E-state index in [4.69, 9.17) is 4.74 Å². The van der Waals surface area contributed by atoms with Gasteiger partial charge in [0.25, 0.3) is 0 Å². The largest absolute Gasteiger partial charge is 0.492 e. The highest BCUT2D eigenvalue weighted by molar-refractivity contribution is 5.99. The summed E-state index contributed by atoms with van der Waals surface area (Å²) in [4.78, 5) is 23.4. The van der Waals surface area contributed by atoms with Gasteiger partial charge in [-0.25, -0.2) is 0 Å². The van der Waals surface area contributed by atoms with Gasteiger partial charge in [0.2, 0.25) is 5.91 Å². The zero-order valence-corrected chi connectivity index (χ0v) is 11.4. The van der Waals surface area contributed by atoms with Gasteiger partial charge in [0, 0.05) is 11.5 Å². The Kier molecular flexibility index (Phi) is 4.20. The fourth-order valence-electron chi connectivity index (χ4n) is 2.03. The smallest absolute Gasteiger partial charge is 0.227 e. The molecule has 0 radical (unpaired) electrons. The number of nitrogens with one attached hydrogen (secondary N) is 1. The predicted molar refractivity (Wildman–Crippen MR) is 73.6 cm³/mol. The second-order valence-electron chi connectivity index (χ2n) is 4.82. The van der Waals surface area contributed by atoms with Gasteiger partial charge in [0.1, 0.15) is 5.75 Å². The zero-order valence-electron chi connectivity index (χ0n) is 11.4. The molecule has 0 unspecified atom stereocenters. The maximum absolute atomic E-state index is 12.0. The highest BCUT2D eigenvalue weighted by Crippen LogP contribution is 2.31. The molecule has 102 valence electrons. The van der Waals surface area contributed by atoms with Crippen molar-refractivity contribution in [3.63, 3.8) is 0 Å². The molecule has 0 atom stereocenters. The van der Waals surface area contributed by atoms with Crippen LogP contribution in [0.2, 0.25) is 0 Å². The Morgan fingerprint density at radius 3 is 2.63 bits per heavy atom. The Labute approximate surface area is 113 Å². The van der Waals surface area contributed by atoms with Gasteiger partial charge in [-0.1, -0.05) is 6.42 Å². The molecule has 1 aliphatic rings. The van der Waals surface area contributed by atoms with Gasteiger partial charge in [-0.2, -0.15) is 0 Å². The van der Waals surface area contributed by atoms with Crippen molar-refractivity contribution in [2.45, 2.75) is 33.1 Å². The van der Waals surface area contributed by atoms with Gasteiger partial charge in [-0.3, -0.25) is 9.59 Å². The van der Waals surface area contributed by atoms with Gasteiger partial charge in [0.05, 0.1) is 12.3 Å². The summed E-state index contributed by atoms with van der Waals surface area (Å²) >= 11 is 0. The van der Waals surface area contributed by atoms with Crippen molar-refractivity contribution in [2.24, 2.45) is 5.92 Å². The van der Waals surface area contributed by atoms with Crippen LogP contribution in [0.5, 0.6) is 5.75 Å². The third-order valence-electron chi connectivity index (χ3n) is 3.42. The van der Waals surface area contributed by atoms with Gasteiger partial charge in [-0.05, 0) is 44.9 Å². The van der Waals surface area contributed by atoms with E-state index >= 15 is 0 Å². The van der Waals surface area contributed by atoms with Gasteiger partial charge < -0.3 is 10.1 Å². The molecule has 1 aromatic carbocycles. The maximum atomic E-state index is 12.0. The van der Waals surface area contributed by atoms with Gasteiger partial charge in [0.15, 0.2) is 5.78 Å². The third-order valence-corrected chi connectivity index (χ3v) is 3.42. The number of carbonyl (C=O) groups excluding carboxylic acids is 2. The van der Waals surface area contributed by atoms with E-state index < -0.39 is 0 Å². The number of ketones is 1. The summed E-state index contributed by atoms with van der Waals surface area (Å²) in [5, 5.41) is 2.88. The van der Waals surface area contributed by atoms with Crippen LogP contribution in [0.4, 0.5) is 5.69 Å². The van der Waals surface area contributed by atoms with E-state index in [1.807, 2.05) is 6.92 Å². The lowest BCUT2D eigenvalue weighted by Crippen LogP contribution is -2.28. The first kappa shape index (κ1) is 13.6. The summed E-state index contributed by atoms with van der Waals surface area (Å²) in [5.74, 6) is 0.714. The fraction of sp³-hybridized carbons (Fsp3) is 0.467. The molecular formula is C15H19NO3. The number of hydrogen-bond acceptors (Lipinski definition) is 3. The van der Waals surface area contributed by atoms with Crippen LogP contribution in [0.15, 0.2) is 18.2 Å². The van der Waals surface area contributed by atoms with Crippen molar-refractivity contribution in [3.05, 3.63) is 23.8 Å². The molecule has 19 heavy (non-hydrogen) atoms. The standard InChI is InChI=1S/C15H19NO3/c1-3-19-14-8-7-12(10(2)17)9-13(14)16-15(18)11-5-4-6-11/h7-9,11H,3-6H2,1-2H3,(H,16,18). The van der Waals surface area contributed by atoms with Gasteiger partial charge in [-0.15, -0.1) is 0 Å². The van der Waals surface area contributed by atoms with E-state index in [2.05, 4.69) is 5.32 Å². The van der Waals surface area contributed by atoms with Crippen molar-refractivity contribution >= 4 is 17.4 Å². The molecule has 2 rings (SSSR count). The number of carbonyl (C=O) groups is 2. The van der Waals surface area contributed by atoms with Gasteiger partial charge >= 0.3 is 0 Å². The van der Waals surface area contributed by atoms with E-state index in [0.29, 0.717) is 23.6 Å². The fourth-order valence-corrected chi connectivity index (χ4v) is 2.03. The molecule has 0 aliphatic heterocycles. The molecule has 0 spiro atoms. The Hall–Kier alpha value is -1.84. The number of amides is 1. The first-order valence-electron chi connectivity index (χ1n) is 6.70. The first-order valence-corrected chi connectivity index (χ1v) is 6.70. The minimum Gasteiger partial charge on any atom is -0.492 e. The molecule has 1 aromatic rings. The minimum atomic E-state index is -0.0257. The molecule has 0 saturated heterocycles. The number of Topliss-reactive ketones (excluding diaryl/α,β-unsaturated/α-hetero) is 1. The maximum Gasteiger partial charge on any atom is 0.227 e. The average molecular weight is 261 g/mol. The molecule has 1 aliphatic carbocycles. The minimum absolute atomic E-state index is 0.0212. The van der Waals surface area contributed by atoms with Crippen molar-refractivity contribution in [2.75, 3.05) is 11.9 Å². The molecule has 0 aromatic heterocycles. The Bertz CT molecular complexity index is 492. The summed E-state index contributed by atoms with van der Waals surface area (Å²) in [6, 6.07) is 5.13. The average Bonchev–Trinajstić information content (AvgIpc) is 2.29. The van der Waals surface area contributed by atoms with E-state index in [1.54, 1.807) is 18.2 Å². The van der Waals surface area contributed by atoms with Crippen LogP contribution in [-0.2, 0) is 4.79 Å². The molecular weight excluding hydrogens is 242 g/mol. The normalized spacial score (nSPS) is 14.6. The number of hydrogen-bond donors (Lipinski definition) is 1. The molecule has 1 fully saturated rings. The lowest BCUT2D eigenvalue weighted by Gasteiger charge is -2.24. The summed E-state index contributed by atoms with van der Waals surface area (Å²) in [7, 11) is 0. The monoisotopic (exact) mass is 261 g/mol. The van der Waals surface area contributed by atoms with Crippen LogP contribution in [0.25, 0.3) is 0 Å². The lowest BCUT2D eigenvalue weighted by molar-refractivity contribution is -0.122. The highest BCUT2D eigenvalue weighted by atomic mass is 16.5. The second kappa shape index (κ2) is 5.87. The molecule has 1 N–H and O–H groups in total. The number of anilines is 1. The number of ether oxygens (including phenoxy) is 1.